The van der Waals surface area contributed by atoms with E-state index in [9.17, 15) is 4.79 Å². The number of hydrogen-bond acceptors (Lipinski definition) is 2. The summed E-state index contributed by atoms with van der Waals surface area (Å²) in [7, 11) is 0. The fourth-order valence-electron chi connectivity index (χ4n) is 2.33. The number of pyridine rings is 1. The van der Waals surface area contributed by atoms with Crippen molar-refractivity contribution >= 4 is 22.9 Å². The highest BCUT2D eigenvalue weighted by molar-refractivity contribution is 5.99. The maximum atomic E-state index is 11.1. The van der Waals surface area contributed by atoms with Gasteiger partial charge in [0.2, 0.25) is 6.41 Å². The fourth-order valence-corrected chi connectivity index (χ4v) is 2.33. The van der Waals surface area contributed by atoms with Gasteiger partial charge < -0.3 is 4.90 Å². The van der Waals surface area contributed by atoms with Crippen LogP contribution in [0.25, 0.3) is 10.8 Å². The highest BCUT2D eigenvalue weighted by atomic mass is 16.1. The van der Waals surface area contributed by atoms with Crippen molar-refractivity contribution in [1.82, 2.24) is 4.98 Å². The van der Waals surface area contributed by atoms with Crippen LogP contribution in [-0.2, 0) is 11.2 Å². The lowest BCUT2D eigenvalue weighted by molar-refractivity contribution is -0.107. The molecule has 1 aromatic heterocycles. The Labute approximate surface area is 93.7 Å². The van der Waals surface area contributed by atoms with Crippen LogP contribution in [0.3, 0.4) is 0 Å². The van der Waals surface area contributed by atoms with Crippen LogP contribution >= 0.6 is 0 Å². The third kappa shape index (κ3) is 1.28. The lowest BCUT2D eigenvalue weighted by atomic mass is 10.0. The molecule has 3 heteroatoms. The largest absolute Gasteiger partial charge is 0.313 e. The Balaban J connectivity index is 2.34. The molecule has 0 aliphatic carbocycles. The molecule has 2 aromatic rings. The molecule has 0 bridgehead atoms. The van der Waals surface area contributed by atoms with Crippen molar-refractivity contribution in [3.05, 3.63) is 36.2 Å². The van der Waals surface area contributed by atoms with E-state index >= 15 is 0 Å². The number of carbonyl (C=O) groups excluding carboxylic acids is 1. The average molecular weight is 212 g/mol. The first-order valence-corrected chi connectivity index (χ1v) is 5.49. The lowest BCUT2D eigenvalue weighted by Crippen LogP contribution is -2.28. The van der Waals surface area contributed by atoms with Crippen LogP contribution in [0.15, 0.2) is 30.5 Å². The second-order valence-corrected chi connectivity index (χ2v) is 4.04. The molecule has 0 spiro atoms. The van der Waals surface area contributed by atoms with E-state index in [1.54, 1.807) is 4.90 Å². The minimum absolute atomic E-state index is 0.798. The fraction of sp³-hybridized carbons (Fsp3) is 0.231. The van der Waals surface area contributed by atoms with Gasteiger partial charge in [0, 0.05) is 23.5 Å². The highest BCUT2D eigenvalue weighted by Gasteiger charge is 2.19. The maximum Gasteiger partial charge on any atom is 0.214 e. The number of aryl methyl sites for hydroxylation is 1. The number of hydrogen-bond donors (Lipinski definition) is 0. The Morgan fingerprint density at radius 1 is 1.31 bits per heavy atom. The van der Waals surface area contributed by atoms with Gasteiger partial charge in [0.05, 0.1) is 11.4 Å². The molecule has 3 rings (SSSR count). The molecule has 1 aliphatic heterocycles. The van der Waals surface area contributed by atoms with E-state index in [4.69, 9.17) is 0 Å². The van der Waals surface area contributed by atoms with Crippen LogP contribution in [0.2, 0.25) is 0 Å². The number of amides is 1. The molecular formula is C13H12N2O. The van der Waals surface area contributed by atoms with Crippen molar-refractivity contribution in [2.75, 3.05) is 11.4 Å². The minimum atomic E-state index is 0.798. The summed E-state index contributed by atoms with van der Waals surface area (Å²) in [5.41, 5.74) is 2.04. The molecule has 0 saturated carbocycles. The monoisotopic (exact) mass is 212 g/mol. The van der Waals surface area contributed by atoms with Crippen LogP contribution in [0.5, 0.6) is 0 Å². The van der Waals surface area contributed by atoms with Crippen LogP contribution in [-0.4, -0.2) is 17.9 Å². The van der Waals surface area contributed by atoms with Crippen molar-refractivity contribution in [2.24, 2.45) is 0 Å². The molecule has 0 atom stereocenters. The van der Waals surface area contributed by atoms with Gasteiger partial charge in [-0.2, -0.15) is 0 Å². The first kappa shape index (κ1) is 9.33. The average Bonchev–Trinajstić information content (AvgIpc) is 2.37. The molecule has 0 fully saturated rings. The second kappa shape index (κ2) is 3.59. The maximum absolute atomic E-state index is 11.1. The summed E-state index contributed by atoms with van der Waals surface area (Å²) in [6.45, 7) is 0.798. The van der Waals surface area contributed by atoms with E-state index in [0.29, 0.717) is 0 Å². The van der Waals surface area contributed by atoms with E-state index in [1.807, 2.05) is 24.4 Å². The summed E-state index contributed by atoms with van der Waals surface area (Å²) in [6, 6.07) is 8.07. The molecule has 0 N–H and O–H groups in total. The third-order valence-corrected chi connectivity index (χ3v) is 3.08. The first-order chi connectivity index (χ1) is 7.90. The molecule has 2 heterocycles. The number of carbonyl (C=O) groups is 1. The summed E-state index contributed by atoms with van der Waals surface area (Å²) < 4.78 is 0. The van der Waals surface area contributed by atoms with Gasteiger partial charge in [-0.3, -0.25) is 9.78 Å². The van der Waals surface area contributed by atoms with Gasteiger partial charge in [-0.15, -0.1) is 0 Å². The van der Waals surface area contributed by atoms with Crippen LogP contribution in [0.1, 0.15) is 12.1 Å². The second-order valence-electron chi connectivity index (χ2n) is 4.04. The summed E-state index contributed by atoms with van der Waals surface area (Å²) in [6.07, 6.45) is 4.76. The molecule has 1 aliphatic rings. The zero-order chi connectivity index (χ0) is 11.0. The molecule has 1 amide bonds. The van der Waals surface area contributed by atoms with Crippen molar-refractivity contribution < 1.29 is 4.79 Å². The Hall–Kier alpha value is -1.90. The van der Waals surface area contributed by atoms with Gasteiger partial charge in [0.1, 0.15) is 0 Å². The predicted molar refractivity (Wildman–Crippen MR) is 63.5 cm³/mol. The van der Waals surface area contributed by atoms with Gasteiger partial charge in [0.15, 0.2) is 0 Å². The number of rotatable bonds is 1. The van der Waals surface area contributed by atoms with E-state index in [1.165, 1.54) is 0 Å². The summed E-state index contributed by atoms with van der Waals surface area (Å²) in [5, 5.41) is 2.22. The Bertz CT molecular complexity index is 551. The quantitative estimate of drug-likeness (QED) is 0.678. The van der Waals surface area contributed by atoms with Gasteiger partial charge in [-0.05, 0) is 12.8 Å². The number of fused-ring (bicyclic) bond motifs is 3. The lowest BCUT2D eigenvalue weighted by Gasteiger charge is -2.26. The molecule has 3 nitrogen and oxygen atoms in total. The highest BCUT2D eigenvalue weighted by Crippen LogP contribution is 2.32. The zero-order valence-corrected chi connectivity index (χ0v) is 8.89. The molecule has 0 saturated heterocycles. The number of nitrogens with zero attached hydrogens (tertiary/aromatic N) is 2. The van der Waals surface area contributed by atoms with Gasteiger partial charge >= 0.3 is 0 Å². The van der Waals surface area contributed by atoms with Gasteiger partial charge in [-0.1, -0.05) is 24.3 Å². The van der Waals surface area contributed by atoms with E-state index in [2.05, 4.69) is 11.1 Å². The number of aromatic nitrogens is 1. The summed E-state index contributed by atoms with van der Waals surface area (Å²) in [5.74, 6) is 0. The SMILES string of the molecule is O=CN1CCCc2ncc3ccccc3c21. The first-order valence-electron chi connectivity index (χ1n) is 5.49. The molecule has 0 unspecified atom stereocenters. The van der Waals surface area contributed by atoms with Crippen molar-refractivity contribution in [2.45, 2.75) is 12.8 Å². The van der Waals surface area contributed by atoms with Gasteiger partial charge in [0.25, 0.3) is 0 Å². The predicted octanol–water partition coefficient (Wildman–Crippen LogP) is 2.14. The minimum Gasteiger partial charge on any atom is -0.313 e. The van der Waals surface area contributed by atoms with Crippen molar-refractivity contribution in [3.8, 4) is 0 Å². The summed E-state index contributed by atoms with van der Waals surface area (Å²) >= 11 is 0. The summed E-state index contributed by atoms with van der Waals surface area (Å²) in [4.78, 5) is 17.3. The Morgan fingerprint density at radius 3 is 3.06 bits per heavy atom. The smallest absolute Gasteiger partial charge is 0.214 e. The molecular weight excluding hydrogens is 200 g/mol. The van der Waals surface area contributed by atoms with Crippen LogP contribution in [0, 0.1) is 0 Å². The van der Waals surface area contributed by atoms with E-state index < -0.39 is 0 Å². The zero-order valence-electron chi connectivity index (χ0n) is 8.89. The number of benzene rings is 1. The number of anilines is 1. The molecule has 80 valence electrons. The molecule has 1 aromatic carbocycles. The van der Waals surface area contributed by atoms with Gasteiger partial charge in [-0.25, -0.2) is 0 Å². The Kier molecular flexibility index (Phi) is 2.10. The Morgan fingerprint density at radius 2 is 2.19 bits per heavy atom. The normalized spacial score (nSPS) is 14.9. The molecule has 0 radical (unpaired) electrons. The molecule has 16 heavy (non-hydrogen) atoms. The van der Waals surface area contributed by atoms with Crippen molar-refractivity contribution in [1.29, 1.82) is 0 Å². The van der Waals surface area contributed by atoms with E-state index in [0.717, 1.165) is 48.0 Å². The van der Waals surface area contributed by atoms with Crippen LogP contribution in [0.4, 0.5) is 5.69 Å². The topological polar surface area (TPSA) is 33.2 Å². The van der Waals surface area contributed by atoms with E-state index in [-0.39, 0.29) is 0 Å². The third-order valence-electron chi connectivity index (χ3n) is 3.08. The van der Waals surface area contributed by atoms with Crippen LogP contribution < -0.4 is 4.90 Å². The van der Waals surface area contributed by atoms with Crippen molar-refractivity contribution in [3.63, 3.8) is 0 Å². The standard InChI is InChI=1S/C13H12N2O/c16-9-15-7-3-6-12-13(15)11-5-2-1-4-10(11)8-14-12/h1-2,4-5,8-9H,3,6-7H2.